The third kappa shape index (κ3) is 6.85. The molecule has 0 saturated carbocycles. The van der Waals surface area contributed by atoms with Crippen molar-refractivity contribution >= 4 is 35.7 Å². The molecule has 0 bridgehead atoms. The highest BCUT2D eigenvalue weighted by atomic mass is 35.5. The lowest BCUT2D eigenvalue weighted by Crippen LogP contribution is -2.35. The molecule has 3 aromatic carbocycles. The van der Waals surface area contributed by atoms with Crippen LogP contribution in [0, 0.1) is 0 Å². The summed E-state index contributed by atoms with van der Waals surface area (Å²) < 4.78 is 0. The molecule has 3 rings (SSSR count). The van der Waals surface area contributed by atoms with Gasteiger partial charge in [-0.15, -0.1) is 0 Å². The minimum absolute atomic E-state index is 0.0274. The highest BCUT2D eigenvalue weighted by Gasteiger charge is 2.18. The number of carbonyl (C=O) groups is 2. The third-order valence-electron chi connectivity index (χ3n) is 4.74. The number of carbonyl (C=O) groups excluding carboxylic acids is 1. The van der Waals surface area contributed by atoms with Crippen LogP contribution < -0.4 is 0 Å². The summed E-state index contributed by atoms with van der Waals surface area (Å²) in [5, 5.41) is 20.4. The third-order valence-corrected chi connectivity index (χ3v) is 5.99. The second-order valence-corrected chi connectivity index (χ2v) is 8.57. The first kappa shape index (κ1) is 22.9. The smallest absolute Gasteiger partial charge is 0.407 e. The summed E-state index contributed by atoms with van der Waals surface area (Å²) in [6, 6.07) is 22.1. The fourth-order valence-electron chi connectivity index (χ4n) is 3.03. The van der Waals surface area contributed by atoms with Gasteiger partial charge in [0.2, 0.25) is 0 Å². The Bertz CT molecular complexity index is 1020. The molecule has 0 aliphatic heterocycles. The molecule has 0 heterocycles. The van der Waals surface area contributed by atoms with Gasteiger partial charge in [0.05, 0.1) is 12.6 Å². The Kier molecular flexibility index (Phi) is 8.12. The van der Waals surface area contributed by atoms with Gasteiger partial charge in [-0.25, -0.2) is 4.79 Å². The molecule has 1 atom stereocenters. The van der Waals surface area contributed by atoms with Crippen molar-refractivity contribution in [3.8, 4) is 0 Å². The van der Waals surface area contributed by atoms with Crippen LogP contribution >= 0.6 is 23.4 Å². The number of rotatable bonds is 9. The van der Waals surface area contributed by atoms with E-state index in [1.54, 1.807) is 48.2 Å². The van der Waals surface area contributed by atoms with Crippen molar-refractivity contribution in [2.75, 3.05) is 13.1 Å². The quantitative estimate of drug-likeness (QED) is 0.413. The van der Waals surface area contributed by atoms with Gasteiger partial charge in [0, 0.05) is 26.9 Å². The van der Waals surface area contributed by atoms with E-state index < -0.39 is 12.2 Å². The Hall–Kier alpha value is -2.80. The molecule has 1 amide bonds. The van der Waals surface area contributed by atoms with E-state index in [9.17, 15) is 19.8 Å². The predicted molar refractivity (Wildman–Crippen MR) is 122 cm³/mol. The number of hydrogen-bond acceptors (Lipinski definition) is 4. The van der Waals surface area contributed by atoms with E-state index in [0.717, 1.165) is 21.6 Å². The lowest BCUT2D eigenvalue weighted by Gasteiger charge is -2.23. The van der Waals surface area contributed by atoms with Crippen molar-refractivity contribution in [2.24, 2.45) is 0 Å². The first-order valence-electron chi connectivity index (χ1n) is 9.68. The molecule has 0 aromatic heterocycles. The standard InChI is InChI=1S/C24H22ClNO4S/c25-20-3-1-2-19(14-20)23(28)15-26(24(29)30)13-12-17-4-8-21(9-5-17)31-22-10-6-18(16-27)7-11-22/h1-11,14,16,23,28H,12-13,15H2,(H,29,30)/t23-/m1/s1. The Morgan fingerprint density at radius 2 is 1.68 bits per heavy atom. The molecule has 31 heavy (non-hydrogen) atoms. The fourth-order valence-corrected chi connectivity index (χ4v) is 4.05. The summed E-state index contributed by atoms with van der Waals surface area (Å²) in [7, 11) is 0. The molecule has 0 saturated heterocycles. The number of aliphatic hydroxyl groups is 1. The van der Waals surface area contributed by atoms with E-state index in [1.165, 1.54) is 4.90 Å². The average Bonchev–Trinajstić information content (AvgIpc) is 2.77. The average molecular weight is 456 g/mol. The molecule has 0 aliphatic carbocycles. The van der Waals surface area contributed by atoms with E-state index in [0.29, 0.717) is 22.6 Å². The Balaban J connectivity index is 1.56. The van der Waals surface area contributed by atoms with Crippen LogP contribution in [-0.2, 0) is 6.42 Å². The first-order valence-corrected chi connectivity index (χ1v) is 10.9. The van der Waals surface area contributed by atoms with Gasteiger partial charge in [-0.05, 0) is 53.9 Å². The zero-order chi connectivity index (χ0) is 22.2. The summed E-state index contributed by atoms with van der Waals surface area (Å²) in [5.74, 6) is 0. The van der Waals surface area contributed by atoms with Gasteiger partial charge in [0.15, 0.2) is 0 Å². The van der Waals surface area contributed by atoms with Crippen molar-refractivity contribution in [1.29, 1.82) is 0 Å². The SMILES string of the molecule is O=Cc1ccc(Sc2ccc(CCN(C[C@@H](O)c3cccc(Cl)c3)C(=O)O)cc2)cc1. The van der Waals surface area contributed by atoms with Crippen molar-refractivity contribution in [2.45, 2.75) is 22.3 Å². The highest BCUT2D eigenvalue weighted by Crippen LogP contribution is 2.28. The fraction of sp³-hybridized carbons (Fsp3) is 0.167. The summed E-state index contributed by atoms with van der Waals surface area (Å²) >= 11 is 7.54. The van der Waals surface area contributed by atoms with E-state index in [4.69, 9.17) is 11.6 Å². The molecule has 160 valence electrons. The lowest BCUT2D eigenvalue weighted by atomic mass is 10.1. The molecule has 7 heteroatoms. The van der Waals surface area contributed by atoms with E-state index in [2.05, 4.69) is 0 Å². The molecular weight excluding hydrogens is 434 g/mol. The van der Waals surface area contributed by atoms with Crippen molar-refractivity contribution in [3.63, 3.8) is 0 Å². The maximum absolute atomic E-state index is 11.6. The number of amides is 1. The normalized spacial score (nSPS) is 11.7. The second kappa shape index (κ2) is 11.0. The van der Waals surface area contributed by atoms with Crippen LogP contribution in [0.3, 0.4) is 0 Å². The van der Waals surface area contributed by atoms with Gasteiger partial charge >= 0.3 is 6.09 Å². The number of halogens is 1. The lowest BCUT2D eigenvalue weighted by molar-refractivity contribution is 0.0973. The van der Waals surface area contributed by atoms with Crippen LogP contribution in [0.2, 0.25) is 5.02 Å². The Labute approximate surface area is 190 Å². The van der Waals surface area contributed by atoms with Crippen molar-refractivity contribution < 1.29 is 19.8 Å². The van der Waals surface area contributed by atoms with Crippen molar-refractivity contribution in [1.82, 2.24) is 4.90 Å². The maximum atomic E-state index is 11.6. The molecular formula is C24H22ClNO4S. The van der Waals surface area contributed by atoms with Crippen LogP contribution in [0.5, 0.6) is 0 Å². The van der Waals surface area contributed by atoms with Crippen LogP contribution in [0.4, 0.5) is 4.79 Å². The molecule has 0 unspecified atom stereocenters. The van der Waals surface area contributed by atoms with Crippen LogP contribution in [-0.4, -0.2) is 40.6 Å². The summed E-state index contributed by atoms with van der Waals surface area (Å²) in [6.45, 7) is 0.243. The summed E-state index contributed by atoms with van der Waals surface area (Å²) in [4.78, 5) is 25.7. The topological polar surface area (TPSA) is 77.8 Å². The number of hydrogen-bond donors (Lipinski definition) is 2. The number of nitrogens with zero attached hydrogens (tertiary/aromatic N) is 1. The monoisotopic (exact) mass is 455 g/mol. The predicted octanol–water partition coefficient (Wildman–Crippen LogP) is 5.56. The van der Waals surface area contributed by atoms with Gasteiger partial charge in [-0.3, -0.25) is 4.79 Å². The molecule has 0 spiro atoms. The zero-order valence-electron chi connectivity index (χ0n) is 16.6. The molecule has 2 N–H and O–H groups in total. The number of benzene rings is 3. The van der Waals surface area contributed by atoms with Crippen LogP contribution in [0.1, 0.15) is 27.6 Å². The van der Waals surface area contributed by atoms with Gasteiger partial charge < -0.3 is 15.1 Å². The summed E-state index contributed by atoms with van der Waals surface area (Å²) in [5.41, 5.74) is 2.23. The van der Waals surface area contributed by atoms with Gasteiger partial charge in [0.25, 0.3) is 0 Å². The Morgan fingerprint density at radius 3 is 2.26 bits per heavy atom. The van der Waals surface area contributed by atoms with Gasteiger partial charge in [0.1, 0.15) is 6.29 Å². The van der Waals surface area contributed by atoms with Crippen LogP contribution in [0.25, 0.3) is 0 Å². The molecule has 0 fully saturated rings. The zero-order valence-corrected chi connectivity index (χ0v) is 18.2. The number of aliphatic hydroxyl groups excluding tert-OH is 1. The molecule has 0 aliphatic rings. The minimum Gasteiger partial charge on any atom is -0.465 e. The number of aldehydes is 1. The largest absolute Gasteiger partial charge is 0.465 e. The van der Waals surface area contributed by atoms with Crippen LogP contribution in [0.15, 0.2) is 82.6 Å². The minimum atomic E-state index is -1.08. The molecule has 5 nitrogen and oxygen atoms in total. The summed E-state index contributed by atoms with van der Waals surface area (Å²) in [6.07, 6.45) is -0.670. The highest BCUT2D eigenvalue weighted by molar-refractivity contribution is 7.99. The second-order valence-electron chi connectivity index (χ2n) is 6.98. The number of carboxylic acid groups (broad SMARTS) is 1. The Morgan fingerprint density at radius 1 is 1.03 bits per heavy atom. The molecule has 3 aromatic rings. The van der Waals surface area contributed by atoms with E-state index in [-0.39, 0.29) is 13.1 Å². The maximum Gasteiger partial charge on any atom is 0.407 e. The van der Waals surface area contributed by atoms with Crippen molar-refractivity contribution in [3.05, 3.63) is 94.5 Å². The van der Waals surface area contributed by atoms with E-state index >= 15 is 0 Å². The molecule has 0 radical (unpaired) electrons. The van der Waals surface area contributed by atoms with Gasteiger partial charge in [-0.1, -0.05) is 59.8 Å². The van der Waals surface area contributed by atoms with Gasteiger partial charge in [-0.2, -0.15) is 0 Å². The van der Waals surface area contributed by atoms with E-state index in [1.807, 2.05) is 36.4 Å². The first-order chi connectivity index (χ1) is 14.9.